The van der Waals surface area contributed by atoms with Gasteiger partial charge in [0, 0.05) is 41.3 Å². The number of nitriles is 1. The lowest BCUT2D eigenvalue weighted by molar-refractivity contribution is -0.151. The van der Waals surface area contributed by atoms with Gasteiger partial charge in [0.1, 0.15) is 33.8 Å². The zero-order chi connectivity index (χ0) is 34.0. The van der Waals surface area contributed by atoms with Gasteiger partial charge in [0.25, 0.3) is 0 Å². The number of fused-ring (bicyclic) bond motifs is 2. The number of aromatic nitrogens is 2. The smallest absolute Gasteiger partial charge is 0.412 e. The van der Waals surface area contributed by atoms with Gasteiger partial charge >= 0.3 is 12.1 Å². The third kappa shape index (κ3) is 5.89. The topological polar surface area (TPSA) is 130 Å². The Labute approximate surface area is 284 Å². The molecule has 2 N–H and O–H groups in total. The molecule has 1 amide bonds. The number of hydrogen-bond donors (Lipinski definition) is 2. The summed E-state index contributed by atoms with van der Waals surface area (Å²) in [4.78, 5) is 23.9. The fourth-order valence-corrected chi connectivity index (χ4v) is 7.78. The highest BCUT2D eigenvalue weighted by atomic mass is 35.5. The van der Waals surface area contributed by atoms with Crippen LogP contribution in [0, 0.1) is 28.4 Å². The van der Waals surface area contributed by atoms with Crippen LogP contribution in [0.25, 0.3) is 32.1 Å². The Kier molecular flexibility index (Phi) is 8.14. The first kappa shape index (κ1) is 32.7. The van der Waals surface area contributed by atoms with Crippen molar-refractivity contribution in [2.45, 2.75) is 64.1 Å². The van der Waals surface area contributed by atoms with E-state index in [2.05, 4.69) is 10.3 Å². The van der Waals surface area contributed by atoms with Gasteiger partial charge < -0.3 is 24.2 Å². The van der Waals surface area contributed by atoms with Crippen molar-refractivity contribution in [1.29, 1.82) is 5.26 Å². The lowest BCUT2D eigenvalue weighted by Crippen LogP contribution is -2.56. The Morgan fingerprint density at radius 2 is 2.02 bits per heavy atom. The molecule has 252 valence electrons. The number of piperidine rings is 1. The summed E-state index contributed by atoms with van der Waals surface area (Å²) < 4.78 is 49.6. The highest BCUT2D eigenvalue weighted by molar-refractivity contribution is 7.23. The maximum atomic E-state index is 17.0. The number of nitrogens with one attached hydrogen (secondary N) is 1. The summed E-state index contributed by atoms with van der Waals surface area (Å²) in [7, 11) is 0. The fraction of sp³-hybridized carbons (Fsp3) is 0.471. The van der Waals surface area contributed by atoms with Crippen molar-refractivity contribution in [2.24, 2.45) is 5.41 Å². The number of carbonyl (C=O) groups excluding carboxylic acids is 1. The van der Waals surface area contributed by atoms with Crippen molar-refractivity contribution >= 4 is 60.8 Å². The van der Waals surface area contributed by atoms with Crippen molar-refractivity contribution in [3.05, 3.63) is 40.4 Å². The number of ether oxygens (including phenoxy) is 3. The van der Waals surface area contributed by atoms with E-state index >= 15 is 8.78 Å². The van der Waals surface area contributed by atoms with E-state index in [0.717, 1.165) is 43.4 Å². The Bertz CT molecular complexity index is 2000. The van der Waals surface area contributed by atoms with E-state index in [4.69, 9.17) is 30.8 Å². The number of rotatable bonds is 7. The summed E-state index contributed by atoms with van der Waals surface area (Å²) in [5, 5.41) is 23.1. The zero-order valence-electron chi connectivity index (χ0n) is 26.7. The number of aliphatic hydroxyl groups excluding tert-OH is 1. The molecule has 1 aliphatic carbocycles. The van der Waals surface area contributed by atoms with Gasteiger partial charge in [-0.05, 0) is 64.2 Å². The molecule has 2 aromatic heterocycles. The lowest BCUT2D eigenvalue weighted by Gasteiger charge is -2.48. The minimum Gasteiger partial charge on any atom is -0.463 e. The van der Waals surface area contributed by atoms with Gasteiger partial charge in [-0.1, -0.05) is 17.7 Å². The summed E-state index contributed by atoms with van der Waals surface area (Å²) >= 11 is 7.72. The Hall–Kier alpha value is -3.83. The summed E-state index contributed by atoms with van der Waals surface area (Å²) in [5.41, 5.74) is -1.52. The molecule has 0 bridgehead atoms. The van der Waals surface area contributed by atoms with Crippen LogP contribution < -0.4 is 15.0 Å². The molecule has 0 unspecified atom stereocenters. The molecule has 2 aliphatic heterocycles. The normalized spacial score (nSPS) is 20.1. The largest absolute Gasteiger partial charge is 0.463 e. The van der Waals surface area contributed by atoms with Crippen LogP contribution in [0.15, 0.2) is 18.2 Å². The van der Waals surface area contributed by atoms with Gasteiger partial charge in [-0.25, -0.2) is 13.6 Å². The van der Waals surface area contributed by atoms with Gasteiger partial charge in [-0.15, -0.1) is 11.3 Å². The molecule has 1 spiro atoms. The molecule has 10 nitrogen and oxygen atoms in total. The Morgan fingerprint density at radius 1 is 1.25 bits per heavy atom. The molecule has 2 saturated heterocycles. The first-order valence-corrected chi connectivity index (χ1v) is 17.0. The average molecular weight is 698 g/mol. The van der Waals surface area contributed by atoms with Crippen LogP contribution in [-0.4, -0.2) is 65.3 Å². The number of aliphatic hydroxyl groups is 1. The van der Waals surface area contributed by atoms with Crippen LogP contribution in [0.3, 0.4) is 0 Å². The van der Waals surface area contributed by atoms with E-state index in [9.17, 15) is 15.2 Å². The Balaban J connectivity index is 1.38. The fourth-order valence-electron chi connectivity index (χ4n) is 6.42. The molecule has 1 atom stereocenters. The molecule has 0 radical (unpaired) electrons. The molecular weight excluding hydrogens is 664 g/mol. The van der Waals surface area contributed by atoms with Gasteiger partial charge in [-0.3, -0.25) is 5.32 Å². The highest BCUT2D eigenvalue weighted by Gasteiger charge is 2.44. The molecule has 3 aliphatic rings. The third-order valence-electron chi connectivity index (χ3n) is 9.23. The summed E-state index contributed by atoms with van der Waals surface area (Å²) in [6.07, 6.45) is 3.48. The maximum absolute atomic E-state index is 17.0. The average Bonchev–Trinajstić information content (AvgIpc) is 3.72. The van der Waals surface area contributed by atoms with E-state index in [0.29, 0.717) is 30.9 Å². The van der Waals surface area contributed by atoms with Crippen molar-refractivity contribution in [3.8, 4) is 23.2 Å². The number of amides is 1. The second-order valence-electron chi connectivity index (χ2n) is 13.9. The first-order valence-electron chi connectivity index (χ1n) is 15.8. The number of nitrogens with zero attached hydrogens (tertiary/aromatic N) is 4. The number of hydrogen-bond acceptors (Lipinski definition) is 10. The van der Waals surface area contributed by atoms with E-state index in [1.807, 2.05) is 11.0 Å². The summed E-state index contributed by atoms with van der Waals surface area (Å²) in [5.74, 6) is -1.00. The van der Waals surface area contributed by atoms with Gasteiger partial charge in [0.15, 0.2) is 5.82 Å². The molecule has 2 aromatic carbocycles. The predicted octanol–water partition coefficient (Wildman–Crippen LogP) is 7.57. The second kappa shape index (κ2) is 11.9. The molecular formula is C34H34ClF2N5O5S. The van der Waals surface area contributed by atoms with Crippen LogP contribution in [-0.2, 0) is 9.47 Å². The number of carbonyl (C=O) groups is 1. The molecule has 3 fully saturated rings. The third-order valence-corrected chi connectivity index (χ3v) is 10.6. The molecule has 14 heteroatoms. The number of anilines is 2. The zero-order valence-corrected chi connectivity index (χ0v) is 28.3. The van der Waals surface area contributed by atoms with Crippen LogP contribution in [0.2, 0.25) is 5.02 Å². The lowest BCUT2D eigenvalue weighted by atomic mass is 9.86. The van der Waals surface area contributed by atoms with Crippen LogP contribution >= 0.6 is 22.9 Å². The molecule has 4 aromatic rings. The second-order valence-corrected chi connectivity index (χ2v) is 15.3. The van der Waals surface area contributed by atoms with Crippen molar-refractivity contribution in [2.75, 3.05) is 43.1 Å². The number of halogens is 3. The molecule has 48 heavy (non-hydrogen) atoms. The van der Waals surface area contributed by atoms with Gasteiger partial charge in [0.2, 0.25) is 0 Å². The van der Waals surface area contributed by atoms with E-state index in [1.54, 1.807) is 26.8 Å². The quantitative estimate of drug-likeness (QED) is 0.201. The maximum Gasteiger partial charge on any atom is 0.412 e. The summed E-state index contributed by atoms with van der Waals surface area (Å²) in [6, 6.07) is 6.12. The predicted molar refractivity (Wildman–Crippen MR) is 179 cm³/mol. The number of thiophene rings is 1. The minimum atomic E-state index is -0.819. The standard InChI is InChI=1S/C34H34ClF2N5O5S/c1-32(2,3)47-31(44)41-29-20(14-38)23-18(5-6-22(36)27(23)48-29)24-21(35)13-19-26(25(24)37)39-30(45-17-33(16-43)8-9-33)40-28(19)42-11-4-7-34(15-42)10-12-46-34/h5-6,13,43H,4,7-12,15-17H2,1-3H3,(H,41,44)/t34-/m0/s1. The van der Waals surface area contributed by atoms with E-state index < -0.39 is 23.3 Å². The summed E-state index contributed by atoms with van der Waals surface area (Å²) in [6.45, 7) is 7.12. The van der Waals surface area contributed by atoms with E-state index in [-0.39, 0.29) is 72.6 Å². The van der Waals surface area contributed by atoms with Crippen molar-refractivity contribution in [1.82, 2.24) is 9.97 Å². The molecule has 4 heterocycles. The number of benzene rings is 2. The molecule has 1 saturated carbocycles. The SMILES string of the molecule is CC(C)(C)OC(=O)Nc1sc2c(F)ccc(-c3c(Cl)cc4c(N5CCC[C@]6(CCO6)C5)nc(OCC5(CO)CC5)nc4c3F)c2c1C#N. The minimum absolute atomic E-state index is 0.00648. The first-order chi connectivity index (χ1) is 22.8. The Morgan fingerprint density at radius 3 is 2.67 bits per heavy atom. The van der Waals surface area contributed by atoms with Crippen LogP contribution in [0.4, 0.5) is 24.4 Å². The van der Waals surface area contributed by atoms with Crippen molar-refractivity contribution in [3.63, 3.8) is 0 Å². The van der Waals surface area contributed by atoms with E-state index in [1.165, 1.54) is 12.1 Å². The van der Waals surface area contributed by atoms with Crippen LogP contribution in [0.1, 0.15) is 58.4 Å². The van der Waals surface area contributed by atoms with Gasteiger partial charge in [-0.2, -0.15) is 15.2 Å². The molecule has 7 rings (SSSR count). The highest BCUT2D eigenvalue weighted by Crippen LogP contribution is 2.48. The van der Waals surface area contributed by atoms with Gasteiger partial charge in [0.05, 0.1) is 40.7 Å². The monoisotopic (exact) mass is 697 g/mol. The van der Waals surface area contributed by atoms with Crippen LogP contribution in [0.5, 0.6) is 6.01 Å². The van der Waals surface area contributed by atoms with Crippen molar-refractivity contribution < 1.29 is 32.9 Å².